The van der Waals surface area contributed by atoms with Gasteiger partial charge in [-0.3, -0.25) is 19.7 Å². The van der Waals surface area contributed by atoms with Crippen molar-refractivity contribution in [1.82, 2.24) is 10.3 Å². The van der Waals surface area contributed by atoms with Crippen LogP contribution >= 0.6 is 0 Å². The minimum Gasteiger partial charge on any atom is -0.361 e. The Morgan fingerprint density at radius 2 is 2.03 bits per heavy atom. The molecule has 4 rings (SSSR count). The molecule has 8 nitrogen and oxygen atoms in total. The molecule has 1 saturated heterocycles. The average molecular weight is 392 g/mol. The predicted molar refractivity (Wildman–Crippen MR) is 109 cm³/mol. The van der Waals surface area contributed by atoms with Crippen LogP contribution in [0.25, 0.3) is 10.9 Å². The summed E-state index contributed by atoms with van der Waals surface area (Å²) >= 11 is 0. The molecule has 2 N–H and O–H groups in total. The number of anilines is 1. The number of para-hydroxylation sites is 1. The van der Waals surface area contributed by atoms with E-state index in [0.717, 1.165) is 21.4 Å². The highest BCUT2D eigenvalue weighted by Crippen LogP contribution is 2.29. The third-order valence-electron chi connectivity index (χ3n) is 5.25. The van der Waals surface area contributed by atoms with Gasteiger partial charge in [-0.25, -0.2) is 4.90 Å². The van der Waals surface area contributed by atoms with Crippen LogP contribution in [0, 0.1) is 17.0 Å². The molecule has 0 aliphatic carbocycles. The van der Waals surface area contributed by atoms with Crippen LogP contribution in [0.5, 0.6) is 0 Å². The normalized spacial score (nSPS) is 16.7. The number of aromatic amines is 1. The molecule has 0 saturated carbocycles. The van der Waals surface area contributed by atoms with E-state index in [2.05, 4.69) is 10.3 Å². The number of imide groups is 1. The smallest absolute Gasteiger partial charge is 0.274 e. The molecule has 1 fully saturated rings. The first kappa shape index (κ1) is 18.8. The Kier molecular flexibility index (Phi) is 4.85. The van der Waals surface area contributed by atoms with Crippen molar-refractivity contribution >= 4 is 34.1 Å². The van der Waals surface area contributed by atoms with Crippen molar-refractivity contribution in [2.45, 2.75) is 25.8 Å². The van der Waals surface area contributed by atoms with Crippen molar-refractivity contribution in [3.63, 3.8) is 0 Å². The molecule has 3 aromatic rings. The molecule has 1 aliphatic heterocycles. The molecule has 2 heterocycles. The summed E-state index contributed by atoms with van der Waals surface area (Å²) in [7, 11) is 0. The second-order valence-corrected chi connectivity index (χ2v) is 7.12. The molecule has 0 bridgehead atoms. The first-order chi connectivity index (χ1) is 14.0. The van der Waals surface area contributed by atoms with Crippen molar-refractivity contribution in [3.8, 4) is 0 Å². The Balaban J connectivity index is 1.44. The third kappa shape index (κ3) is 3.50. The van der Waals surface area contributed by atoms with E-state index >= 15 is 0 Å². The Labute approximate surface area is 166 Å². The quantitative estimate of drug-likeness (QED) is 0.381. The summed E-state index contributed by atoms with van der Waals surface area (Å²) in [5.74, 6) is -0.746. The summed E-state index contributed by atoms with van der Waals surface area (Å²) in [6, 6.07) is 11.7. The first-order valence-corrected chi connectivity index (χ1v) is 9.36. The van der Waals surface area contributed by atoms with Crippen LogP contribution in [-0.2, 0) is 16.0 Å². The lowest BCUT2D eigenvalue weighted by molar-refractivity contribution is -0.385. The average Bonchev–Trinajstić information content (AvgIpc) is 3.23. The largest absolute Gasteiger partial charge is 0.361 e. The van der Waals surface area contributed by atoms with Crippen LogP contribution in [0.3, 0.4) is 0 Å². The van der Waals surface area contributed by atoms with Gasteiger partial charge in [0.25, 0.3) is 11.6 Å². The molecule has 2 amide bonds. The molecule has 148 valence electrons. The fraction of sp³-hybridized carbons (Fsp3) is 0.238. The van der Waals surface area contributed by atoms with Crippen LogP contribution in [0.1, 0.15) is 17.5 Å². The van der Waals surface area contributed by atoms with Crippen LogP contribution in [0.15, 0.2) is 48.7 Å². The molecule has 0 radical (unpaired) electrons. The number of nitrogens with one attached hydrogen (secondary N) is 2. The molecular weight excluding hydrogens is 372 g/mol. The molecule has 1 aliphatic rings. The molecule has 2 aromatic carbocycles. The number of hydrogen-bond acceptors (Lipinski definition) is 5. The predicted octanol–water partition coefficient (Wildman–Crippen LogP) is 2.85. The summed E-state index contributed by atoms with van der Waals surface area (Å²) in [5, 5.41) is 15.5. The number of fused-ring (bicyclic) bond motifs is 1. The number of nitro benzene ring substituents is 1. The first-order valence-electron chi connectivity index (χ1n) is 9.36. The summed E-state index contributed by atoms with van der Waals surface area (Å²) in [5.41, 5.74) is 2.79. The number of benzene rings is 2. The summed E-state index contributed by atoms with van der Waals surface area (Å²) in [6.45, 7) is 2.15. The number of nitrogens with zero attached hydrogens (tertiary/aromatic N) is 2. The van der Waals surface area contributed by atoms with Gasteiger partial charge in [0.15, 0.2) is 0 Å². The van der Waals surface area contributed by atoms with Gasteiger partial charge in [0.1, 0.15) is 0 Å². The van der Waals surface area contributed by atoms with E-state index in [4.69, 9.17) is 0 Å². The third-order valence-corrected chi connectivity index (χ3v) is 5.25. The molecule has 1 atom stereocenters. The molecule has 29 heavy (non-hydrogen) atoms. The zero-order chi connectivity index (χ0) is 20.5. The van der Waals surface area contributed by atoms with E-state index in [1.54, 1.807) is 19.1 Å². The lowest BCUT2D eigenvalue weighted by Crippen LogP contribution is -2.39. The number of carbonyl (C=O) groups is 2. The van der Waals surface area contributed by atoms with Crippen molar-refractivity contribution in [3.05, 3.63) is 69.9 Å². The number of carbonyl (C=O) groups excluding carboxylic acids is 2. The number of rotatable bonds is 6. The van der Waals surface area contributed by atoms with Crippen LogP contribution in [0.2, 0.25) is 0 Å². The van der Waals surface area contributed by atoms with Gasteiger partial charge in [0, 0.05) is 35.3 Å². The van der Waals surface area contributed by atoms with E-state index < -0.39 is 11.0 Å². The van der Waals surface area contributed by atoms with Crippen molar-refractivity contribution in [2.75, 3.05) is 11.4 Å². The molecule has 0 unspecified atom stereocenters. The van der Waals surface area contributed by atoms with Gasteiger partial charge >= 0.3 is 0 Å². The maximum absolute atomic E-state index is 12.8. The lowest BCUT2D eigenvalue weighted by atomic mass is 10.1. The van der Waals surface area contributed by atoms with Crippen LogP contribution in [-0.4, -0.2) is 34.3 Å². The Morgan fingerprint density at radius 3 is 2.83 bits per heavy atom. The van der Waals surface area contributed by atoms with E-state index in [9.17, 15) is 19.7 Å². The Hall–Kier alpha value is -3.52. The van der Waals surface area contributed by atoms with Gasteiger partial charge in [-0.2, -0.15) is 0 Å². The van der Waals surface area contributed by atoms with Gasteiger partial charge in [-0.1, -0.05) is 24.3 Å². The summed E-state index contributed by atoms with van der Waals surface area (Å²) in [4.78, 5) is 40.1. The molecular formula is C21H20N4O4. The summed E-state index contributed by atoms with van der Waals surface area (Å²) < 4.78 is 0. The number of aromatic nitrogens is 1. The second-order valence-electron chi connectivity index (χ2n) is 7.12. The molecule has 0 spiro atoms. The van der Waals surface area contributed by atoms with Gasteiger partial charge in [-0.15, -0.1) is 0 Å². The Bertz CT molecular complexity index is 1120. The van der Waals surface area contributed by atoms with E-state index in [1.807, 2.05) is 30.5 Å². The zero-order valence-electron chi connectivity index (χ0n) is 15.8. The van der Waals surface area contributed by atoms with E-state index in [-0.39, 0.29) is 29.6 Å². The maximum Gasteiger partial charge on any atom is 0.274 e. The van der Waals surface area contributed by atoms with Crippen molar-refractivity contribution in [1.29, 1.82) is 0 Å². The lowest BCUT2D eigenvalue weighted by Gasteiger charge is -2.16. The van der Waals surface area contributed by atoms with Crippen LogP contribution in [0.4, 0.5) is 11.4 Å². The van der Waals surface area contributed by atoms with E-state index in [1.165, 1.54) is 6.07 Å². The minimum atomic E-state index is -0.631. The fourth-order valence-electron chi connectivity index (χ4n) is 3.72. The second kappa shape index (κ2) is 7.48. The number of amides is 2. The van der Waals surface area contributed by atoms with Crippen LogP contribution < -0.4 is 10.2 Å². The monoisotopic (exact) mass is 392 g/mol. The highest BCUT2D eigenvalue weighted by atomic mass is 16.6. The molecule has 8 heteroatoms. The highest BCUT2D eigenvalue weighted by molar-refractivity contribution is 6.22. The van der Waals surface area contributed by atoms with Gasteiger partial charge < -0.3 is 10.3 Å². The molecule has 1 aromatic heterocycles. The fourth-order valence-corrected chi connectivity index (χ4v) is 3.72. The minimum absolute atomic E-state index is 0.0361. The van der Waals surface area contributed by atoms with Crippen molar-refractivity contribution in [2.24, 2.45) is 0 Å². The SMILES string of the molecule is Cc1ccc(N2C(=O)C[C@H](NCCc3c[nH]c4ccccc34)C2=O)cc1[N+](=O)[O-]. The van der Waals surface area contributed by atoms with Gasteiger partial charge in [0.05, 0.1) is 23.1 Å². The number of nitro groups is 1. The van der Waals surface area contributed by atoms with E-state index in [0.29, 0.717) is 18.5 Å². The zero-order valence-corrected chi connectivity index (χ0v) is 15.8. The standard InChI is InChI=1S/C21H20N4O4/c1-13-6-7-15(10-19(13)25(28)29)24-20(26)11-18(21(24)27)22-9-8-14-12-23-17-5-3-2-4-16(14)17/h2-7,10,12,18,22-23H,8-9,11H2,1H3/t18-/m0/s1. The topological polar surface area (TPSA) is 108 Å². The summed E-state index contributed by atoms with van der Waals surface area (Å²) in [6.07, 6.45) is 2.69. The van der Waals surface area contributed by atoms with Gasteiger partial charge in [0.2, 0.25) is 5.91 Å². The highest BCUT2D eigenvalue weighted by Gasteiger charge is 2.39. The Morgan fingerprint density at radius 1 is 1.24 bits per heavy atom. The number of hydrogen-bond donors (Lipinski definition) is 2. The van der Waals surface area contributed by atoms with Crippen molar-refractivity contribution < 1.29 is 14.5 Å². The number of H-pyrrole nitrogens is 1. The van der Waals surface area contributed by atoms with Gasteiger partial charge in [-0.05, 0) is 31.0 Å². The number of aryl methyl sites for hydroxylation is 1. The maximum atomic E-state index is 12.8.